The van der Waals surface area contributed by atoms with Crippen LogP contribution in [0.4, 0.5) is 0 Å². The summed E-state index contributed by atoms with van der Waals surface area (Å²) in [5.74, 6) is 0. The van der Waals surface area contributed by atoms with Gasteiger partial charge in [-0.05, 0) is 48.6 Å². The topological polar surface area (TPSA) is 0 Å². The molecule has 0 atom stereocenters. The van der Waals surface area contributed by atoms with E-state index in [-0.39, 0.29) is 7.43 Å². The van der Waals surface area contributed by atoms with E-state index in [1.54, 1.807) is 0 Å². The summed E-state index contributed by atoms with van der Waals surface area (Å²) in [4.78, 5) is 0. The third-order valence-electron chi connectivity index (χ3n) is 3.16. The number of aryl methyl sites for hydroxylation is 2. The van der Waals surface area contributed by atoms with E-state index in [0.717, 1.165) is 0 Å². The lowest BCUT2D eigenvalue weighted by Gasteiger charge is -2.13. The zero-order valence-electron chi connectivity index (χ0n) is 10.7. The quantitative estimate of drug-likeness (QED) is 0.658. The van der Waals surface area contributed by atoms with Crippen molar-refractivity contribution < 1.29 is 0 Å². The Morgan fingerprint density at radius 2 is 1.17 bits per heavy atom. The van der Waals surface area contributed by atoms with Gasteiger partial charge in [-0.1, -0.05) is 62.0 Å². The molecule has 0 saturated heterocycles. The molecule has 0 nitrogen and oxygen atoms in total. The van der Waals surface area contributed by atoms with E-state index in [2.05, 4.69) is 75.4 Å². The van der Waals surface area contributed by atoms with Crippen molar-refractivity contribution in [2.24, 2.45) is 0 Å². The lowest BCUT2D eigenvalue weighted by Crippen LogP contribution is -1.93. The first-order chi connectivity index (χ1) is 8.24. The molecule has 0 unspecified atom stereocenters. The number of hydrogen-bond donors (Lipinski definition) is 0. The van der Waals surface area contributed by atoms with Crippen LogP contribution in [0.1, 0.15) is 36.6 Å². The van der Waals surface area contributed by atoms with Crippen LogP contribution in [-0.4, -0.2) is 0 Å². The minimum Gasteiger partial charge on any atom is -0.0792 e. The Hall–Kier alpha value is -1.82. The minimum absolute atomic E-state index is 0. The zero-order chi connectivity index (χ0) is 12.3. The third-order valence-corrected chi connectivity index (χ3v) is 3.16. The predicted octanol–water partition coefficient (Wildman–Crippen LogP) is 5.39. The Labute approximate surface area is 111 Å². The second-order valence-corrected chi connectivity index (χ2v) is 4.33. The molecular formula is C18H22. The second-order valence-electron chi connectivity index (χ2n) is 4.33. The fraction of sp³-hybridized carbons (Fsp3) is 0.222. The number of allylic oxidation sites excluding steroid dienone is 1. The van der Waals surface area contributed by atoms with E-state index in [0.29, 0.717) is 0 Å². The lowest BCUT2D eigenvalue weighted by atomic mass is 9.92. The van der Waals surface area contributed by atoms with E-state index in [9.17, 15) is 0 Å². The first kappa shape index (κ1) is 14.2. The largest absolute Gasteiger partial charge is 0.0792 e. The van der Waals surface area contributed by atoms with Crippen LogP contribution in [0.3, 0.4) is 0 Å². The molecule has 0 heteroatoms. The molecule has 0 heterocycles. The van der Waals surface area contributed by atoms with Crippen molar-refractivity contribution in [2.75, 3.05) is 0 Å². The van der Waals surface area contributed by atoms with Gasteiger partial charge in [0.2, 0.25) is 0 Å². The van der Waals surface area contributed by atoms with Gasteiger partial charge in [-0.15, -0.1) is 0 Å². The molecular weight excluding hydrogens is 216 g/mol. The van der Waals surface area contributed by atoms with Crippen LogP contribution < -0.4 is 0 Å². The van der Waals surface area contributed by atoms with Crippen molar-refractivity contribution in [1.82, 2.24) is 0 Å². The van der Waals surface area contributed by atoms with Crippen LogP contribution in [0, 0.1) is 13.8 Å². The molecule has 2 aromatic rings. The van der Waals surface area contributed by atoms with Crippen LogP contribution in [-0.2, 0) is 0 Å². The van der Waals surface area contributed by atoms with Gasteiger partial charge in [0.15, 0.2) is 0 Å². The van der Waals surface area contributed by atoms with E-state index in [4.69, 9.17) is 0 Å². The molecule has 0 N–H and O–H groups in total. The van der Waals surface area contributed by atoms with Crippen molar-refractivity contribution in [2.45, 2.75) is 28.2 Å². The van der Waals surface area contributed by atoms with Crippen LogP contribution in [0.2, 0.25) is 0 Å². The Balaban J connectivity index is 0.00000162. The summed E-state index contributed by atoms with van der Waals surface area (Å²) in [6.45, 7) is 6.43. The van der Waals surface area contributed by atoms with Crippen molar-refractivity contribution in [3.63, 3.8) is 0 Å². The Morgan fingerprint density at radius 3 is 1.50 bits per heavy atom. The van der Waals surface area contributed by atoms with Crippen molar-refractivity contribution in [3.05, 3.63) is 76.9 Å². The molecule has 0 aliphatic rings. The van der Waals surface area contributed by atoms with Gasteiger partial charge in [-0.25, -0.2) is 0 Å². The lowest BCUT2D eigenvalue weighted by molar-refractivity contribution is 1.37. The molecule has 0 bridgehead atoms. The molecule has 0 aromatic heterocycles. The molecule has 0 fully saturated rings. The van der Waals surface area contributed by atoms with E-state index < -0.39 is 0 Å². The summed E-state index contributed by atoms with van der Waals surface area (Å²) < 4.78 is 0. The average molecular weight is 238 g/mol. The predicted molar refractivity (Wildman–Crippen MR) is 81.8 cm³/mol. The zero-order valence-corrected chi connectivity index (χ0v) is 10.7. The maximum atomic E-state index is 2.20. The van der Waals surface area contributed by atoms with Crippen molar-refractivity contribution in [1.29, 1.82) is 0 Å². The number of benzene rings is 2. The van der Waals surface area contributed by atoms with Gasteiger partial charge in [-0.3, -0.25) is 0 Å². The monoisotopic (exact) mass is 238 g/mol. The second kappa shape index (κ2) is 6.20. The van der Waals surface area contributed by atoms with Gasteiger partial charge in [0, 0.05) is 0 Å². The van der Waals surface area contributed by atoms with E-state index in [1.807, 2.05) is 0 Å². The van der Waals surface area contributed by atoms with Crippen LogP contribution >= 0.6 is 0 Å². The summed E-state index contributed by atoms with van der Waals surface area (Å²) >= 11 is 0. The average Bonchev–Trinajstić information content (AvgIpc) is 2.34. The standard InChI is InChI=1S/C17H18.CH4/c1-4-15(16-11-7-5-9-13(16)2)17-12-8-6-10-14(17)3;/h4-12H,1-3H3;1H4. The van der Waals surface area contributed by atoms with Crippen LogP contribution in [0.5, 0.6) is 0 Å². The molecule has 0 amide bonds. The molecule has 0 aliphatic carbocycles. The van der Waals surface area contributed by atoms with Gasteiger partial charge < -0.3 is 0 Å². The van der Waals surface area contributed by atoms with Crippen molar-refractivity contribution >= 4 is 5.57 Å². The Bertz CT molecular complexity index is 500. The fourth-order valence-electron chi connectivity index (χ4n) is 2.21. The summed E-state index contributed by atoms with van der Waals surface area (Å²) in [6, 6.07) is 17.1. The summed E-state index contributed by atoms with van der Waals surface area (Å²) in [5, 5.41) is 0. The first-order valence-electron chi connectivity index (χ1n) is 6.02. The smallest absolute Gasteiger partial charge is 0.0149 e. The summed E-state index contributed by atoms with van der Waals surface area (Å²) in [5.41, 5.74) is 6.61. The highest BCUT2D eigenvalue weighted by Crippen LogP contribution is 2.27. The number of rotatable bonds is 2. The Morgan fingerprint density at radius 1 is 0.778 bits per heavy atom. The molecule has 0 saturated carbocycles. The molecule has 18 heavy (non-hydrogen) atoms. The van der Waals surface area contributed by atoms with Crippen LogP contribution in [0.25, 0.3) is 5.57 Å². The third kappa shape index (κ3) is 2.70. The number of hydrogen-bond acceptors (Lipinski definition) is 0. The van der Waals surface area contributed by atoms with Gasteiger partial charge in [0.1, 0.15) is 0 Å². The highest BCUT2D eigenvalue weighted by molar-refractivity contribution is 5.82. The summed E-state index contributed by atoms with van der Waals surface area (Å²) in [7, 11) is 0. The highest BCUT2D eigenvalue weighted by atomic mass is 14.1. The summed E-state index contributed by atoms with van der Waals surface area (Å²) in [6.07, 6.45) is 2.20. The molecule has 0 aliphatic heterocycles. The molecule has 94 valence electrons. The van der Waals surface area contributed by atoms with Gasteiger partial charge >= 0.3 is 0 Å². The molecule has 0 radical (unpaired) electrons. The van der Waals surface area contributed by atoms with Crippen LogP contribution in [0.15, 0.2) is 54.6 Å². The van der Waals surface area contributed by atoms with Gasteiger partial charge in [0.05, 0.1) is 0 Å². The molecule has 0 spiro atoms. The SMILES string of the molecule is C.CC=C(c1ccccc1C)c1ccccc1C. The minimum atomic E-state index is 0. The fourth-order valence-corrected chi connectivity index (χ4v) is 2.21. The van der Waals surface area contributed by atoms with E-state index >= 15 is 0 Å². The molecule has 2 rings (SSSR count). The van der Waals surface area contributed by atoms with E-state index in [1.165, 1.54) is 27.8 Å². The molecule has 2 aromatic carbocycles. The normalized spacial score (nSPS) is 9.50. The Kier molecular flexibility index (Phi) is 4.91. The van der Waals surface area contributed by atoms with Gasteiger partial charge in [-0.2, -0.15) is 0 Å². The maximum absolute atomic E-state index is 2.20. The van der Waals surface area contributed by atoms with Crippen molar-refractivity contribution in [3.8, 4) is 0 Å². The maximum Gasteiger partial charge on any atom is -0.0149 e. The highest BCUT2D eigenvalue weighted by Gasteiger charge is 2.07. The van der Waals surface area contributed by atoms with Gasteiger partial charge in [0.25, 0.3) is 0 Å². The first-order valence-corrected chi connectivity index (χ1v) is 6.02.